The summed E-state index contributed by atoms with van der Waals surface area (Å²) in [4.78, 5) is 9.63. The Morgan fingerprint density at radius 2 is 1.83 bits per heavy atom. The molecular formula is C11H23N5S2. The third-order valence-electron chi connectivity index (χ3n) is 2.05. The van der Waals surface area contributed by atoms with E-state index >= 15 is 0 Å². The van der Waals surface area contributed by atoms with Crippen molar-refractivity contribution in [2.45, 2.75) is 39.5 Å². The van der Waals surface area contributed by atoms with Gasteiger partial charge in [0.2, 0.25) is 10.7 Å². The van der Waals surface area contributed by atoms with Crippen LogP contribution >= 0.6 is 24.4 Å². The van der Waals surface area contributed by atoms with Gasteiger partial charge in [0.25, 0.3) is 0 Å². The zero-order chi connectivity index (χ0) is 13.8. The van der Waals surface area contributed by atoms with Gasteiger partial charge in [-0.25, -0.2) is 0 Å². The molecule has 1 aromatic heterocycles. The van der Waals surface area contributed by atoms with Gasteiger partial charge in [0, 0.05) is 6.54 Å². The summed E-state index contributed by atoms with van der Waals surface area (Å²) >= 11 is 9.78. The number of hydrogen-bond donors (Lipinski definition) is 4. The van der Waals surface area contributed by atoms with Gasteiger partial charge >= 0.3 is 0 Å². The quantitative estimate of drug-likeness (QED) is 0.478. The number of aromatic nitrogens is 3. The van der Waals surface area contributed by atoms with Crippen LogP contribution in [-0.4, -0.2) is 28.0 Å². The number of nitrogens with two attached hydrogens (primary N) is 1. The van der Waals surface area contributed by atoms with Gasteiger partial charge in [-0.15, -0.1) is 0 Å². The van der Waals surface area contributed by atoms with E-state index in [9.17, 15) is 0 Å². The van der Waals surface area contributed by atoms with Crippen LogP contribution < -0.4 is 11.1 Å². The number of nitrogens with one attached hydrogen (secondary N) is 3. The van der Waals surface area contributed by atoms with Crippen molar-refractivity contribution in [2.24, 2.45) is 5.73 Å². The van der Waals surface area contributed by atoms with Crippen molar-refractivity contribution in [1.29, 1.82) is 0 Å². The first kappa shape index (κ1) is 17.2. The van der Waals surface area contributed by atoms with E-state index in [2.05, 4.69) is 34.1 Å². The fourth-order valence-corrected chi connectivity index (χ4v) is 1.52. The van der Waals surface area contributed by atoms with E-state index in [0.29, 0.717) is 15.5 Å². The molecule has 0 bridgehead atoms. The maximum Gasteiger partial charge on any atom is 0.205 e. The Labute approximate surface area is 119 Å². The highest BCUT2D eigenvalue weighted by Crippen LogP contribution is 1.96. The first-order valence-corrected chi connectivity index (χ1v) is 7.10. The zero-order valence-corrected chi connectivity index (χ0v) is 12.7. The highest BCUT2D eigenvalue weighted by Gasteiger charge is 1.92. The molecular weight excluding hydrogens is 266 g/mol. The van der Waals surface area contributed by atoms with Gasteiger partial charge in [0.15, 0.2) is 4.77 Å². The topological polar surface area (TPSA) is 82.5 Å². The van der Waals surface area contributed by atoms with Gasteiger partial charge in [-0.05, 0) is 43.8 Å². The molecule has 104 valence electrons. The van der Waals surface area contributed by atoms with Crippen LogP contribution in [0, 0.1) is 9.54 Å². The third-order valence-corrected chi connectivity index (χ3v) is 2.44. The van der Waals surface area contributed by atoms with Crippen LogP contribution in [0.3, 0.4) is 0 Å². The zero-order valence-electron chi connectivity index (χ0n) is 11.1. The predicted octanol–water partition coefficient (Wildman–Crippen LogP) is 3.15. The van der Waals surface area contributed by atoms with E-state index in [1.165, 1.54) is 12.8 Å². The van der Waals surface area contributed by atoms with Crippen LogP contribution in [0.1, 0.15) is 39.5 Å². The van der Waals surface area contributed by atoms with Crippen molar-refractivity contribution in [2.75, 3.05) is 18.4 Å². The Balaban J connectivity index is 0.000000494. The van der Waals surface area contributed by atoms with Crippen LogP contribution in [0.5, 0.6) is 0 Å². The third kappa shape index (κ3) is 9.26. The van der Waals surface area contributed by atoms with E-state index < -0.39 is 0 Å². The number of anilines is 1. The maximum atomic E-state index is 5.14. The molecule has 1 aromatic rings. The average Bonchev–Trinajstić information content (AvgIpc) is 2.30. The Morgan fingerprint density at radius 1 is 1.17 bits per heavy atom. The lowest BCUT2D eigenvalue weighted by molar-refractivity contribution is 0.807. The Bertz CT molecular complexity index is 382. The Morgan fingerprint density at radius 3 is 2.28 bits per heavy atom. The molecule has 1 heterocycles. The van der Waals surface area contributed by atoms with E-state index in [1.807, 2.05) is 0 Å². The monoisotopic (exact) mass is 289 g/mol. The molecule has 0 aliphatic heterocycles. The van der Waals surface area contributed by atoms with Crippen LogP contribution in [0.2, 0.25) is 0 Å². The normalized spacial score (nSPS) is 9.50. The molecule has 0 amide bonds. The first-order chi connectivity index (χ1) is 8.63. The fourth-order valence-electron chi connectivity index (χ4n) is 1.06. The molecule has 1 rings (SSSR count). The molecule has 5 nitrogen and oxygen atoms in total. The molecule has 0 aliphatic carbocycles. The second-order valence-corrected chi connectivity index (χ2v) is 4.56. The van der Waals surface area contributed by atoms with Crippen molar-refractivity contribution >= 4 is 30.4 Å². The molecule has 0 unspecified atom stereocenters. The standard InChI is InChI=1S/C7H12N4S2.C4H11N/c1-2-3-4-8-5-9-6(12)11-7(13)10-5;1-2-3-4-5/h2-4H2,1H3,(H3,8,9,10,11,12,13);2-5H2,1H3. The number of nitrogens with zero attached hydrogens (tertiary/aromatic N) is 1. The summed E-state index contributed by atoms with van der Waals surface area (Å²) in [5.74, 6) is 0.641. The minimum Gasteiger partial charge on any atom is -0.356 e. The summed E-state index contributed by atoms with van der Waals surface area (Å²) in [6.07, 6.45) is 4.64. The smallest absolute Gasteiger partial charge is 0.205 e. The van der Waals surface area contributed by atoms with Crippen LogP contribution in [-0.2, 0) is 0 Å². The van der Waals surface area contributed by atoms with Crippen molar-refractivity contribution in [3.05, 3.63) is 9.54 Å². The van der Waals surface area contributed by atoms with E-state index in [4.69, 9.17) is 30.2 Å². The van der Waals surface area contributed by atoms with Crippen molar-refractivity contribution in [3.8, 4) is 0 Å². The van der Waals surface area contributed by atoms with Gasteiger partial charge in [-0.3, -0.25) is 0 Å². The van der Waals surface area contributed by atoms with Crippen molar-refractivity contribution < 1.29 is 0 Å². The molecule has 0 radical (unpaired) electrons. The summed E-state index contributed by atoms with van der Waals surface area (Å²) in [5, 5.41) is 3.11. The average molecular weight is 289 g/mol. The van der Waals surface area contributed by atoms with Gasteiger partial charge in [0.1, 0.15) is 0 Å². The molecule has 5 N–H and O–H groups in total. The lowest BCUT2D eigenvalue weighted by atomic mass is 10.3. The predicted molar refractivity (Wildman–Crippen MR) is 82.0 cm³/mol. The van der Waals surface area contributed by atoms with Gasteiger partial charge in [-0.1, -0.05) is 26.7 Å². The molecule has 0 saturated carbocycles. The second-order valence-electron chi connectivity index (χ2n) is 3.77. The van der Waals surface area contributed by atoms with E-state index in [0.717, 1.165) is 25.9 Å². The van der Waals surface area contributed by atoms with Gasteiger partial charge in [-0.2, -0.15) is 4.98 Å². The molecule has 18 heavy (non-hydrogen) atoms. The van der Waals surface area contributed by atoms with Crippen LogP contribution in [0.25, 0.3) is 0 Å². The number of unbranched alkanes of at least 4 members (excludes halogenated alkanes) is 2. The molecule has 0 aliphatic rings. The van der Waals surface area contributed by atoms with Gasteiger partial charge in [0.05, 0.1) is 0 Å². The number of rotatable bonds is 6. The van der Waals surface area contributed by atoms with E-state index in [-0.39, 0.29) is 0 Å². The molecule has 0 saturated heterocycles. The summed E-state index contributed by atoms with van der Waals surface area (Å²) in [5.41, 5.74) is 5.14. The highest BCUT2D eigenvalue weighted by molar-refractivity contribution is 7.71. The lowest BCUT2D eigenvalue weighted by Gasteiger charge is -2.02. The van der Waals surface area contributed by atoms with E-state index in [1.54, 1.807) is 0 Å². The molecule has 0 aromatic carbocycles. The largest absolute Gasteiger partial charge is 0.356 e. The summed E-state index contributed by atoms with van der Waals surface area (Å²) in [7, 11) is 0. The summed E-state index contributed by atoms with van der Waals surface area (Å²) in [6.45, 7) is 5.99. The summed E-state index contributed by atoms with van der Waals surface area (Å²) < 4.78 is 0.904. The van der Waals surface area contributed by atoms with Crippen LogP contribution in [0.15, 0.2) is 0 Å². The maximum absolute atomic E-state index is 5.14. The lowest BCUT2D eigenvalue weighted by Crippen LogP contribution is -2.05. The second kappa shape index (κ2) is 11.3. The molecule has 7 heteroatoms. The minimum absolute atomic E-state index is 0.405. The highest BCUT2D eigenvalue weighted by atomic mass is 32.1. The number of H-pyrrole nitrogens is 2. The van der Waals surface area contributed by atoms with Crippen LogP contribution in [0.4, 0.5) is 5.95 Å². The minimum atomic E-state index is 0.405. The number of aromatic amines is 2. The fraction of sp³-hybridized carbons (Fsp3) is 0.727. The molecule has 0 atom stereocenters. The first-order valence-electron chi connectivity index (χ1n) is 6.28. The summed E-state index contributed by atoms with van der Waals surface area (Å²) in [6, 6.07) is 0. The SMILES string of the molecule is CCCCN.CCCCNc1nc(=S)[nH]c(=S)[nH]1. The Hall–Kier alpha value is -0.790. The Kier molecular flexibility index (Phi) is 10.8. The van der Waals surface area contributed by atoms with Crippen molar-refractivity contribution in [3.63, 3.8) is 0 Å². The van der Waals surface area contributed by atoms with Gasteiger partial charge < -0.3 is 21.0 Å². The van der Waals surface area contributed by atoms with Crippen molar-refractivity contribution in [1.82, 2.24) is 15.0 Å². The number of hydrogen-bond acceptors (Lipinski definition) is 5. The molecule has 0 fully saturated rings. The molecule has 0 spiro atoms.